The fourth-order valence-corrected chi connectivity index (χ4v) is 1.10. The van der Waals surface area contributed by atoms with E-state index in [1.807, 2.05) is 0 Å². The normalized spacial score (nSPS) is 14.9. The van der Waals surface area contributed by atoms with Crippen LogP contribution in [0.15, 0.2) is 0 Å². The van der Waals surface area contributed by atoms with Crippen LogP contribution in [0.1, 0.15) is 40.0 Å². The third kappa shape index (κ3) is 5.97. The summed E-state index contributed by atoms with van der Waals surface area (Å²) in [4.78, 5) is 13.3. The van der Waals surface area contributed by atoms with Gasteiger partial charge in [-0.3, -0.25) is 4.79 Å². The van der Waals surface area contributed by atoms with Crippen LogP contribution in [0.5, 0.6) is 0 Å². The highest BCUT2D eigenvalue weighted by atomic mass is 16.3. The minimum atomic E-state index is -0.325. The number of hydrogen-bond acceptors (Lipinski definition) is 2. The molecule has 0 spiro atoms. The maximum absolute atomic E-state index is 11.6. The third-order valence-corrected chi connectivity index (χ3v) is 2.53. The van der Waals surface area contributed by atoms with Gasteiger partial charge < -0.3 is 10.0 Å². The zero-order valence-electron chi connectivity index (χ0n) is 9.79. The Morgan fingerprint density at radius 3 is 2.43 bits per heavy atom. The number of aliphatic hydroxyl groups excluding tert-OH is 1. The van der Waals surface area contributed by atoms with Gasteiger partial charge in [-0.25, -0.2) is 0 Å². The number of aliphatic hydroxyl groups is 1. The molecular weight excluding hydrogens is 178 g/mol. The predicted octanol–water partition coefficient (Wildman–Crippen LogP) is 1.65. The van der Waals surface area contributed by atoms with Gasteiger partial charge in [0.25, 0.3) is 0 Å². The van der Waals surface area contributed by atoms with Crippen LogP contribution in [0.3, 0.4) is 0 Å². The van der Waals surface area contributed by atoms with Crippen LogP contribution in [0.4, 0.5) is 0 Å². The van der Waals surface area contributed by atoms with Crippen molar-refractivity contribution in [3.63, 3.8) is 0 Å². The van der Waals surface area contributed by atoms with Crippen LogP contribution in [0.2, 0.25) is 0 Å². The molecular formula is C11H23NO2. The van der Waals surface area contributed by atoms with Crippen molar-refractivity contribution in [3.05, 3.63) is 0 Å². The summed E-state index contributed by atoms with van der Waals surface area (Å²) in [6.45, 7) is 6.56. The van der Waals surface area contributed by atoms with E-state index in [2.05, 4.69) is 13.8 Å². The summed E-state index contributed by atoms with van der Waals surface area (Å²) >= 11 is 0. The van der Waals surface area contributed by atoms with Crippen LogP contribution < -0.4 is 0 Å². The van der Waals surface area contributed by atoms with E-state index < -0.39 is 0 Å². The second-order valence-electron chi connectivity index (χ2n) is 4.17. The molecule has 0 aromatic rings. The number of amides is 1. The highest BCUT2D eigenvalue weighted by Gasteiger charge is 2.12. The predicted molar refractivity (Wildman–Crippen MR) is 58.0 cm³/mol. The molecule has 0 rings (SSSR count). The van der Waals surface area contributed by atoms with E-state index in [4.69, 9.17) is 5.11 Å². The van der Waals surface area contributed by atoms with Gasteiger partial charge in [-0.15, -0.1) is 0 Å². The summed E-state index contributed by atoms with van der Waals surface area (Å²) in [5, 5.41) is 9.07. The minimum absolute atomic E-state index is 0.181. The van der Waals surface area contributed by atoms with E-state index in [-0.39, 0.29) is 12.0 Å². The van der Waals surface area contributed by atoms with Gasteiger partial charge in [-0.05, 0) is 19.3 Å². The first-order valence-electron chi connectivity index (χ1n) is 5.39. The van der Waals surface area contributed by atoms with Crippen molar-refractivity contribution >= 4 is 5.91 Å². The van der Waals surface area contributed by atoms with Gasteiger partial charge in [-0.1, -0.05) is 20.3 Å². The first kappa shape index (κ1) is 13.4. The van der Waals surface area contributed by atoms with Crippen LogP contribution in [-0.2, 0) is 4.79 Å². The van der Waals surface area contributed by atoms with E-state index in [0.717, 1.165) is 6.42 Å². The quantitative estimate of drug-likeness (QED) is 0.710. The van der Waals surface area contributed by atoms with Gasteiger partial charge in [0.15, 0.2) is 0 Å². The maximum atomic E-state index is 11.6. The molecule has 3 heteroatoms. The van der Waals surface area contributed by atoms with Crippen molar-refractivity contribution in [1.82, 2.24) is 4.90 Å². The second-order valence-corrected chi connectivity index (χ2v) is 4.17. The Kier molecular flexibility index (Phi) is 6.54. The highest BCUT2D eigenvalue weighted by molar-refractivity contribution is 5.76. The number of rotatable bonds is 6. The molecule has 0 aliphatic rings. The van der Waals surface area contributed by atoms with Crippen LogP contribution in [0.25, 0.3) is 0 Å². The first-order chi connectivity index (χ1) is 6.47. The Morgan fingerprint density at radius 1 is 1.43 bits per heavy atom. The van der Waals surface area contributed by atoms with Crippen molar-refractivity contribution in [2.75, 3.05) is 13.6 Å². The molecule has 1 amide bonds. The minimum Gasteiger partial charge on any atom is -0.393 e. The Bertz CT molecular complexity index is 169. The largest absolute Gasteiger partial charge is 0.393 e. The van der Waals surface area contributed by atoms with Gasteiger partial charge in [0.1, 0.15) is 0 Å². The number of carbonyl (C=O) groups is 1. The molecule has 0 fully saturated rings. The molecule has 3 nitrogen and oxygen atoms in total. The lowest BCUT2D eigenvalue weighted by molar-refractivity contribution is -0.131. The van der Waals surface area contributed by atoms with Gasteiger partial charge in [0.2, 0.25) is 5.91 Å². The molecule has 0 saturated heterocycles. The third-order valence-electron chi connectivity index (χ3n) is 2.53. The van der Waals surface area contributed by atoms with Crippen molar-refractivity contribution < 1.29 is 9.90 Å². The summed E-state index contributed by atoms with van der Waals surface area (Å²) in [5.74, 6) is 0.636. The van der Waals surface area contributed by atoms with Crippen molar-refractivity contribution in [1.29, 1.82) is 0 Å². The molecule has 0 radical (unpaired) electrons. The molecule has 0 heterocycles. The van der Waals surface area contributed by atoms with Gasteiger partial charge in [0, 0.05) is 20.0 Å². The molecule has 0 bridgehead atoms. The fourth-order valence-electron chi connectivity index (χ4n) is 1.10. The Labute approximate surface area is 87.1 Å². The van der Waals surface area contributed by atoms with E-state index >= 15 is 0 Å². The molecule has 84 valence electrons. The van der Waals surface area contributed by atoms with Crippen LogP contribution in [-0.4, -0.2) is 35.6 Å². The fraction of sp³-hybridized carbons (Fsp3) is 0.909. The molecule has 0 aliphatic carbocycles. The van der Waals surface area contributed by atoms with Gasteiger partial charge in [0.05, 0.1) is 6.10 Å². The van der Waals surface area contributed by atoms with Crippen LogP contribution in [0, 0.1) is 5.92 Å². The maximum Gasteiger partial charge on any atom is 0.222 e. The second kappa shape index (κ2) is 6.82. The number of hydrogen-bond donors (Lipinski definition) is 1. The lowest BCUT2D eigenvalue weighted by Gasteiger charge is -2.19. The van der Waals surface area contributed by atoms with Crippen molar-refractivity contribution in [2.45, 2.75) is 46.1 Å². The average Bonchev–Trinajstić information content (AvgIpc) is 2.13. The topological polar surface area (TPSA) is 40.5 Å². The molecule has 2 unspecified atom stereocenters. The molecule has 0 aliphatic heterocycles. The van der Waals surface area contributed by atoms with Gasteiger partial charge in [-0.2, -0.15) is 0 Å². The average molecular weight is 201 g/mol. The standard InChI is InChI=1S/C11H23NO2/c1-5-9(2)8-11(14)12(4)7-6-10(3)13/h9-10,13H,5-8H2,1-4H3. The monoisotopic (exact) mass is 201 g/mol. The van der Waals surface area contributed by atoms with Crippen LogP contribution >= 0.6 is 0 Å². The Balaban J connectivity index is 3.76. The van der Waals surface area contributed by atoms with E-state index in [1.165, 1.54) is 0 Å². The highest BCUT2D eigenvalue weighted by Crippen LogP contribution is 2.08. The first-order valence-corrected chi connectivity index (χ1v) is 5.39. The summed E-state index contributed by atoms with van der Waals surface area (Å²) in [6, 6.07) is 0. The number of carbonyl (C=O) groups excluding carboxylic acids is 1. The Hall–Kier alpha value is -0.570. The number of nitrogens with zero attached hydrogens (tertiary/aromatic N) is 1. The van der Waals surface area contributed by atoms with Gasteiger partial charge >= 0.3 is 0 Å². The zero-order valence-corrected chi connectivity index (χ0v) is 9.79. The summed E-state index contributed by atoms with van der Waals surface area (Å²) in [5.41, 5.74) is 0. The smallest absolute Gasteiger partial charge is 0.222 e. The molecule has 1 N–H and O–H groups in total. The van der Waals surface area contributed by atoms with E-state index in [0.29, 0.717) is 25.3 Å². The summed E-state index contributed by atoms with van der Waals surface area (Å²) in [6.07, 6.45) is 1.99. The molecule has 2 atom stereocenters. The molecule has 0 aromatic heterocycles. The lowest BCUT2D eigenvalue weighted by Crippen LogP contribution is -2.30. The van der Waals surface area contributed by atoms with Crippen molar-refractivity contribution in [2.24, 2.45) is 5.92 Å². The zero-order chi connectivity index (χ0) is 11.1. The SMILES string of the molecule is CCC(C)CC(=O)N(C)CCC(C)O. The van der Waals surface area contributed by atoms with Crippen molar-refractivity contribution in [3.8, 4) is 0 Å². The van der Waals surface area contributed by atoms with E-state index in [9.17, 15) is 4.79 Å². The Morgan fingerprint density at radius 2 is 2.00 bits per heavy atom. The molecule has 14 heavy (non-hydrogen) atoms. The molecule has 0 saturated carbocycles. The summed E-state index contributed by atoms with van der Waals surface area (Å²) in [7, 11) is 1.80. The lowest BCUT2D eigenvalue weighted by atomic mass is 10.0. The van der Waals surface area contributed by atoms with E-state index in [1.54, 1.807) is 18.9 Å². The molecule has 0 aromatic carbocycles. The summed E-state index contributed by atoms with van der Waals surface area (Å²) < 4.78 is 0.